The van der Waals surface area contributed by atoms with Crippen LogP contribution >= 0.6 is 11.6 Å². The standard InChI is InChI=1S/C12H22ClN3O/c1-4-10-12(13)11(16(3)15-10)8-14-7-9(2)5-6-17/h9,14,17H,4-8H2,1-3H3. The van der Waals surface area contributed by atoms with Crippen LogP contribution in [0.1, 0.15) is 31.7 Å². The van der Waals surface area contributed by atoms with Crippen LogP contribution < -0.4 is 5.32 Å². The molecule has 0 fully saturated rings. The maximum atomic E-state index is 8.81. The van der Waals surface area contributed by atoms with E-state index >= 15 is 0 Å². The van der Waals surface area contributed by atoms with Crippen LogP contribution in [0.3, 0.4) is 0 Å². The average Bonchev–Trinajstić information content (AvgIpc) is 2.56. The summed E-state index contributed by atoms with van der Waals surface area (Å²) in [5.41, 5.74) is 1.98. The molecule has 1 atom stereocenters. The average molecular weight is 260 g/mol. The number of aromatic nitrogens is 2. The maximum absolute atomic E-state index is 8.81. The van der Waals surface area contributed by atoms with Gasteiger partial charge in [-0.05, 0) is 25.3 Å². The smallest absolute Gasteiger partial charge is 0.0863 e. The Morgan fingerprint density at radius 2 is 2.24 bits per heavy atom. The van der Waals surface area contributed by atoms with Crippen LogP contribution in [0.4, 0.5) is 0 Å². The third kappa shape index (κ3) is 3.98. The third-order valence-corrected chi connectivity index (χ3v) is 3.35. The SMILES string of the molecule is CCc1nn(C)c(CNCC(C)CCO)c1Cl. The molecule has 1 aromatic heterocycles. The maximum Gasteiger partial charge on any atom is 0.0863 e. The Hall–Kier alpha value is -0.580. The first-order chi connectivity index (χ1) is 8.10. The zero-order chi connectivity index (χ0) is 12.8. The quantitative estimate of drug-likeness (QED) is 0.784. The summed E-state index contributed by atoms with van der Waals surface area (Å²) in [5, 5.41) is 17.3. The monoisotopic (exact) mass is 259 g/mol. The number of aliphatic hydroxyl groups excluding tert-OH is 1. The molecule has 0 aliphatic heterocycles. The molecule has 0 bridgehead atoms. The van der Waals surface area contributed by atoms with Gasteiger partial charge in [0.05, 0.1) is 16.4 Å². The molecule has 1 heterocycles. The number of nitrogens with one attached hydrogen (secondary N) is 1. The highest BCUT2D eigenvalue weighted by Gasteiger charge is 2.12. The molecule has 5 heteroatoms. The number of hydrogen-bond donors (Lipinski definition) is 2. The Balaban J connectivity index is 2.49. The number of aryl methyl sites for hydroxylation is 2. The van der Waals surface area contributed by atoms with Gasteiger partial charge >= 0.3 is 0 Å². The molecule has 0 aliphatic rings. The Kier molecular flexibility index (Phi) is 5.95. The summed E-state index contributed by atoms with van der Waals surface area (Å²) in [7, 11) is 1.92. The minimum absolute atomic E-state index is 0.245. The van der Waals surface area contributed by atoms with Crippen LogP contribution in [0.15, 0.2) is 0 Å². The van der Waals surface area contributed by atoms with Crippen LogP contribution in [-0.4, -0.2) is 28.0 Å². The van der Waals surface area contributed by atoms with Crippen molar-refractivity contribution in [2.45, 2.75) is 33.2 Å². The van der Waals surface area contributed by atoms with Gasteiger partial charge in [0.15, 0.2) is 0 Å². The van der Waals surface area contributed by atoms with Crippen LogP contribution in [0.2, 0.25) is 5.02 Å². The second-order valence-electron chi connectivity index (χ2n) is 4.43. The third-order valence-electron chi connectivity index (χ3n) is 2.91. The fourth-order valence-electron chi connectivity index (χ4n) is 1.77. The van der Waals surface area contributed by atoms with Gasteiger partial charge < -0.3 is 10.4 Å². The number of rotatable bonds is 7. The van der Waals surface area contributed by atoms with E-state index in [2.05, 4.69) is 24.3 Å². The molecule has 0 saturated carbocycles. The lowest BCUT2D eigenvalue weighted by molar-refractivity contribution is 0.260. The van der Waals surface area contributed by atoms with Gasteiger partial charge in [0.2, 0.25) is 0 Å². The molecule has 1 rings (SSSR count). The molecular weight excluding hydrogens is 238 g/mol. The normalized spacial score (nSPS) is 13.0. The topological polar surface area (TPSA) is 50.1 Å². The van der Waals surface area contributed by atoms with Gasteiger partial charge in [0.1, 0.15) is 0 Å². The molecule has 2 N–H and O–H groups in total. The Morgan fingerprint density at radius 1 is 1.53 bits per heavy atom. The lowest BCUT2D eigenvalue weighted by atomic mass is 10.1. The Bertz CT molecular complexity index is 352. The van der Waals surface area contributed by atoms with Crippen molar-refractivity contribution in [1.29, 1.82) is 0 Å². The molecule has 17 heavy (non-hydrogen) atoms. The Labute approximate surface area is 108 Å². The van der Waals surface area contributed by atoms with Gasteiger partial charge in [-0.3, -0.25) is 4.68 Å². The van der Waals surface area contributed by atoms with Gasteiger partial charge in [0.25, 0.3) is 0 Å². The summed E-state index contributed by atoms with van der Waals surface area (Å²) in [4.78, 5) is 0. The van der Waals surface area contributed by atoms with Crippen LogP contribution in [-0.2, 0) is 20.0 Å². The zero-order valence-corrected chi connectivity index (χ0v) is 11.6. The molecule has 1 aromatic rings. The highest BCUT2D eigenvalue weighted by atomic mass is 35.5. The fourth-order valence-corrected chi connectivity index (χ4v) is 2.13. The van der Waals surface area contributed by atoms with E-state index in [0.717, 1.165) is 42.3 Å². The molecule has 0 saturated heterocycles. The second kappa shape index (κ2) is 6.99. The molecule has 0 amide bonds. The van der Waals surface area contributed by atoms with Crippen LogP contribution in [0.25, 0.3) is 0 Å². The summed E-state index contributed by atoms with van der Waals surface area (Å²) in [6, 6.07) is 0. The minimum atomic E-state index is 0.245. The van der Waals surface area contributed by atoms with E-state index in [1.54, 1.807) is 0 Å². The summed E-state index contributed by atoms with van der Waals surface area (Å²) in [5.74, 6) is 0.470. The van der Waals surface area contributed by atoms with Gasteiger partial charge in [-0.1, -0.05) is 25.4 Å². The lowest BCUT2D eigenvalue weighted by Crippen LogP contribution is -2.22. The number of halogens is 1. The fraction of sp³-hybridized carbons (Fsp3) is 0.750. The predicted octanol–water partition coefficient (Wildman–Crippen LogP) is 1.74. The summed E-state index contributed by atoms with van der Waals surface area (Å²) in [6.07, 6.45) is 1.68. The first-order valence-electron chi connectivity index (χ1n) is 6.11. The van der Waals surface area contributed by atoms with E-state index in [0.29, 0.717) is 5.92 Å². The van der Waals surface area contributed by atoms with E-state index in [9.17, 15) is 0 Å². The number of hydrogen-bond acceptors (Lipinski definition) is 3. The second-order valence-corrected chi connectivity index (χ2v) is 4.81. The summed E-state index contributed by atoms with van der Waals surface area (Å²) in [6.45, 7) is 6.01. The van der Waals surface area contributed by atoms with Crippen molar-refractivity contribution in [3.05, 3.63) is 16.4 Å². The zero-order valence-electron chi connectivity index (χ0n) is 10.8. The molecule has 0 aliphatic carbocycles. The van der Waals surface area contributed by atoms with Crippen molar-refractivity contribution in [3.8, 4) is 0 Å². The van der Waals surface area contributed by atoms with E-state index in [1.807, 2.05) is 11.7 Å². The number of aliphatic hydroxyl groups is 1. The van der Waals surface area contributed by atoms with Gasteiger partial charge in [0, 0.05) is 20.2 Å². The first kappa shape index (κ1) is 14.5. The van der Waals surface area contributed by atoms with Crippen LogP contribution in [0, 0.1) is 5.92 Å². The van der Waals surface area contributed by atoms with E-state index in [1.165, 1.54) is 0 Å². The molecule has 0 radical (unpaired) electrons. The molecular formula is C12H22ClN3O. The van der Waals surface area contributed by atoms with E-state index in [-0.39, 0.29) is 6.61 Å². The van der Waals surface area contributed by atoms with Gasteiger partial charge in [-0.15, -0.1) is 0 Å². The van der Waals surface area contributed by atoms with E-state index in [4.69, 9.17) is 16.7 Å². The van der Waals surface area contributed by atoms with Crippen molar-refractivity contribution in [2.24, 2.45) is 13.0 Å². The molecule has 1 unspecified atom stereocenters. The van der Waals surface area contributed by atoms with Crippen LogP contribution in [0.5, 0.6) is 0 Å². The first-order valence-corrected chi connectivity index (χ1v) is 6.49. The molecule has 4 nitrogen and oxygen atoms in total. The molecule has 98 valence electrons. The lowest BCUT2D eigenvalue weighted by Gasteiger charge is -2.11. The predicted molar refractivity (Wildman–Crippen MR) is 70.2 cm³/mol. The Morgan fingerprint density at radius 3 is 2.76 bits per heavy atom. The van der Waals surface area contributed by atoms with Gasteiger partial charge in [-0.25, -0.2) is 0 Å². The highest BCUT2D eigenvalue weighted by Crippen LogP contribution is 2.20. The molecule has 0 spiro atoms. The molecule has 0 aromatic carbocycles. The van der Waals surface area contributed by atoms with Crippen molar-refractivity contribution >= 4 is 11.6 Å². The number of nitrogens with zero attached hydrogens (tertiary/aromatic N) is 2. The van der Waals surface area contributed by atoms with Crippen molar-refractivity contribution in [2.75, 3.05) is 13.2 Å². The van der Waals surface area contributed by atoms with Gasteiger partial charge in [-0.2, -0.15) is 5.10 Å². The largest absolute Gasteiger partial charge is 0.396 e. The summed E-state index contributed by atoms with van der Waals surface area (Å²) >= 11 is 6.24. The highest BCUT2D eigenvalue weighted by molar-refractivity contribution is 6.31. The minimum Gasteiger partial charge on any atom is -0.396 e. The van der Waals surface area contributed by atoms with Crippen molar-refractivity contribution in [3.63, 3.8) is 0 Å². The van der Waals surface area contributed by atoms with Crippen molar-refractivity contribution in [1.82, 2.24) is 15.1 Å². The van der Waals surface area contributed by atoms with E-state index < -0.39 is 0 Å². The summed E-state index contributed by atoms with van der Waals surface area (Å²) < 4.78 is 1.84. The van der Waals surface area contributed by atoms with Crippen molar-refractivity contribution < 1.29 is 5.11 Å².